The third kappa shape index (κ3) is 4.28. The van der Waals surface area contributed by atoms with E-state index in [2.05, 4.69) is 17.4 Å². The quantitative estimate of drug-likeness (QED) is 0.819. The van der Waals surface area contributed by atoms with Crippen molar-refractivity contribution in [2.75, 3.05) is 19.8 Å². The maximum atomic E-state index is 9.48. The third-order valence-corrected chi connectivity index (χ3v) is 3.37. The van der Waals surface area contributed by atoms with Crippen LogP contribution in [0.2, 0.25) is 0 Å². The predicted molar refractivity (Wildman–Crippen MR) is 73.6 cm³/mol. The molecule has 0 saturated carbocycles. The first-order valence-corrected chi connectivity index (χ1v) is 6.78. The molecule has 0 aliphatic carbocycles. The monoisotopic (exact) mass is 265 g/mol. The van der Waals surface area contributed by atoms with Gasteiger partial charge in [0.05, 0.1) is 12.7 Å². The standard InChI is InChI=1S/C15H23NO3/c1-15(2)18-11-14(19-15)13(10-17)9-16-8-12-6-4-3-5-7-12/h3-7,13-14,16-17H,8-11H2,1-2H3/t13-,14-/m0/s1. The second-order valence-electron chi connectivity index (χ2n) is 5.43. The molecule has 1 aliphatic heterocycles. The molecule has 2 atom stereocenters. The first kappa shape index (κ1) is 14.5. The molecule has 106 valence electrons. The summed E-state index contributed by atoms with van der Waals surface area (Å²) in [5.41, 5.74) is 1.24. The van der Waals surface area contributed by atoms with Crippen LogP contribution in [0.5, 0.6) is 0 Å². The molecule has 0 radical (unpaired) electrons. The van der Waals surface area contributed by atoms with Crippen LogP contribution in [0.1, 0.15) is 19.4 Å². The van der Waals surface area contributed by atoms with Gasteiger partial charge in [-0.1, -0.05) is 30.3 Å². The number of hydrogen-bond donors (Lipinski definition) is 2. The minimum atomic E-state index is -0.530. The van der Waals surface area contributed by atoms with E-state index in [1.807, 2.05) is 32.0 Å². The molecule has 1 heterocycles. The third-order valence-electron chi connectivity index (χ3n) is 3.37. The van der Waals surface area contributed by atoms with Crippen molar-refractivity contribution in [3.05, 3.63) is 35.9 Å². The Labute approximate surface area is 114 Å². The van der Waals surface area contributed by atoms with Crippen molar-refractivity contribution in [3.8, 4) is 0 Å². The molecule has 1 saturated heterocycles. The van der Waals surface area contributed by atoms with Crippen LogP contribution < -0.4 is 5.32 Å². The van der Waals surface area contributed by atoms with Gasteiger partial charge in [0.25, 0.3) is 0 Å². The zero-order valence-electron chi connectivity index (χ0n) is 11.6. The van der Waals surface area contributed by atoms with Gasteiger partial charge in [-0.05, 0) is 19.4 Å². The summed E-state index contributed by atoms with van der Waals surface area (Å²) in [5.74, 6) is -0.470. The zero-order chi connectivity index (χ0) is 13.7. The van der Waals surface area contributed by atoms with Crippen LogP contribution >= 0.6 is 0 Å². The lowest BCUT2D eigenvalue weighted by atomic mass is 10.0. The molecule has 0 amide bonds. The fourth-order valence-corrected chi connectivity index (χ4v) is 2.26. The number of hydrogen-bond acceptors (Lipinski definition) is 4. The van der Waals surface area contributed by atoms with Crippen LogP contribution in [0.15, 0.2) is 30.3 Å². The Kier molecular flexibility index (Phi) is 4.93. The van der Waals surface area contributed by atoms with Gasteiger partial charge < -0.3 is 19.9 Å². The van der Waals surface area contributed by atoms with Crippen LogP contribution in [0.25, 0.3) is 0 Å². The Morgan fingerprint density at radius 3 is 2.68 bits per heavy atom. The van der Waals surface area contributed by atoms with Gasteiger partial charge in [-0.15, -0.1) is 0 Å². The van der Waals surface area contributed by atoms with E-state index in [1.165, 1.54) is 5.56 Å². The van der Waals surface area contributed by atoms with E-state index in [1.54, 1.807) is 0 Å². The average molecular weight is 265 g/mol. The van der Waals surface area contributed by atoms with Crippen molar-refractivity contribution in [2.45, 2.75) is 32.3 Å². The largest absolute Gasteiger partial charge is 0.396 e. The molecule has 1 aromatic rings. The molecule has 2 rings (SSSR count). The molecule has 1 fully saturated rings. The highest BCUT2D eigenvalue weighted by atomic mass is 16.7. The Morgan fingerprint density at radius 1 is 1.37 bits per heavy atom. The van der Waals surface area contributed by atoms with Gasteiger partial charge >= 0.3 is 0 Å². The van der Waals surface area contributed by atoms with Crippen LogP contribution in [0.4, 0.5) is 0 Å². The summed E-state index contributed by atoms with van der Waals surface area (Å²) < 4.78 is 11.3. The van der Waals surface area contributed by atoms with Gasteiger partial charge in [0.1, 0.15) is 0 Å². The summed E-state index contributed by atoms with van der Waals surface area (Å²) in [6, 6.07) is 10.2. The van der Waals surface area contributed by atoms with Crippen LogP contribution in [0, 0.1) is 5.92 Å². The number of rotatable bonds is 6. The topological polar surface area (TPSA) is 50.7 Å². The second kappa shape index (κ2) is 6.48. The number of benzene rings is 1. The van der Waals surface area contributed by atoms with E-state index >= 15 is 0 Å². The number of nitrogens with one attached hydrogen (secondary N) is 1. The van der Waals surface area contributed by atoms with Gasteiger partial charge in [-0.2, -0.15) is 0 Å². The summed E-state index contributed by atoms with van der Waals surface area (Å²) in [7, 11) is 0. The molecule has 19 heavy (non-hydrogen) atoms. The first-order chi connectivity index (χ1) is 9.11. The van der Waals surface area contributed by atoms with Crippen molar-refractivity contribution < 1.29 is 14.6 Å². The highest BCUT2D eigenvalue weighted by molar-refractivity contribution is 5.14. The molecule has 0 spiro atoms. The highest BCUT2D eigenvalue weighted by Gasteiger charge is 2.36. The Morgan fingerprint density at radius 2 is 2.11 bits per heavy atom. The molecule has 1 aliphatic rings. The van der Waals surface area contributed by atoms with E-state index in [4.69, 9.17) is 9.47 Å². The summed E-state index contributed by atoms with van der Waals surface area (Å²) >= 11 is 0. The molecule has 2 N–H and O–H groups in total. The summed E-state index contributed by atoms with van der Waals surface area (Å²) in [6.45, 7) is 5.97. The molecular weight excluding hydrogens is 242 g/mol. The van der Waals surface area contributed by atoms with Crippen molar-refractivity contribution in [3.63, 3.8) is 0 Å². The van der Waals surface area contributed by atoms with Crippen LogP contribution in [-0.2, 0) is 16.0 Å². The summed E-state index contributed by atoms with van der Waals surface area (Å²) in [5, 5.41) is 12.8. The molecule has 4 nitrogen and oxygen atoms in total. The fraction of sp³-hybridized carbons (Fsp3) is 0.600. The average Bonchev–Trinajstić information content (AvgIpc) is 2.76. The summed E-state index contributed by atoms with van der Waals surface area (Å²) in [4.78, 5) is 0. The molecule has 4 heteroatoms. The predicted octanol–water partition coefficient (Wildman–Crippen LogP) is 1.54. The minimum Gasteiger partial charge on any atom is -0.396 e. The number of ether oxygens (including phenoxy) is 2. The highest BCUT2D eigenvalue weighted by Crippen LogP contribution is 2.26. The van der Waals surface area contributed by atoms with Crippen molar-refractivity contribution in [1.82, 2.24) is 5.32 Å². The molecule has 1 aromatic carbocycles. The normalized spacial score (nSPS) is 23.4. The lowest BCUT2D eigenvalue weighted by Gasteiger charge is -2.23. The van der Waals surface area contributed by atoms with Gasteiger partial charge in [0.15, 0.2) is 5.79 Å². The maximum absolute atomic E-state index is 9.48. The maximum Gasteiger partial charge on any atom is 0.163 e. The van der Waals surface area contributed by atoms with E-state index < -0.39 is 5.79 Å². The SMILES string of the molecule is CC1(C)OC[C@@H]([C@H](CO)CNCc2ccccc2)O1. The number of aliphatic hydroxyl groups excluding tert-OH is 1. The molecular formula is C15H23NO3. The van der Waals surface area contributed by atoms with Gasteiger partial charge in [0.2, 0.25) is 0 Å². The van der Waals surface area contributed by atoms with Crippen LogP contribution in [0.3, 0.4) is 0 Å². The van der Waals surface area contributed by atoms with Crippen LogP contribution in [-0.4, -0.2) is 36.8 Å². The molecule has 0 aromatic heterocycles. The first-order valence-electron chi connectivity index (χ1n) is 6.78. The Bertz CT molecular complexity index is 380. The van der Waals surface area contributed by atoms with E-state index in [0.29, 0.717) is 6.61 Å². The van der Waals surface area contributed by atoms with Gasteiger partial charge in [-0.25, -0.2) is 0 Å². The van der Waals surface area contributed by atoms with Gasteiger partial charge in [0, 0.05) is 25.6 Å². The summed E-state index contributed by atoms with van der Waals surface area (Å²) in [6.07, 6.45) is -0.0386. The van der Waals surface area contributed by atoms with E-state index in [9.17, 15) is 5.11 Å². The number of aliphatic hydroxyl groups is 1. The fourth-order valence-electron chi connectivity index (χ4n) is 2.26. The van der Waals surface area contributed by atoms with Crippen molar-refractivity contribution in [1.29, 1.82) is 0 Å². The molecule has 0 unspecified atom stereocenters. The van der Waals surface area contributed by atoms with Crippen molar-refractivity contribution >= 4 is 0 Å². The Hall–Kier alpha value is -0.940. The van der Waals surface area contributed by atoms with E-state index in [0.717, 1.165) is 13.1 Å². The lowest BCUT2D eigenvalue weighted by molar-refractivity contribution is -0.146. The van der Waals surface area contributed by atoms with Crippen molar-refractivity contribution in [2.24, 2.45) is 5.92 Å². The molecule has 0 bridgehead atoms. The van der Waals surface area contributed by atoms with Gasteiger partial charge in [-0.3, -0.25) is 0 Å². The second-order valence-corrected chi connectivity index (χ2v) is 5.43. The smallest absolute Gasteiger partial charge is 0.163 e. The lowest BCUT2D eigenvalue weighted by Crippen LogP contribution is -2.36. The minimum absolute atomic E-state index is 0.0386. The Balaban J connectivity index is 1.77. The van der Waals surface area contributed by atoms with E-state index in [-0.39, 0.29) is 18.6 Å². The zero-order valence-corrected chi connectivity index (χ0v) is 11.6.